The highest BCUT2D eigenvalue weighted by molar-refractivity contribution is 5.84. The van der Waals surface area contributed by atoms with Gasteiger partial charge in [0.1, 0.15) is 36.2 Å². The maximum absolute atomic E-state index is 13.1. The number of amides is 2. The van der Waals surface area contributed by atoms with E-state index in [4.69, 9.17) is 24.5 Å². The minimum Gasteiger partial charge on any atom is -0.493 e. The standard InChI is InChI=1S/C26H28F3N3O4.C25H30F3N3O2/c27-26(28,29)15-32-14-18-12-20(3-1-16(18)11-17(24(32)35)13-22(33)34)36-10-5-19-2-4-21-23(31-19)30-9-8-25(21)6-7-25;1-3-16-12-18-6-7-20(13-19(18)14-31(24(16)32)15-25(26,27)28)33-11-10-22-21(17-4-5-17)8-9-23(29-2)30-22/h1-4,12,17H,5-11,13-15H2,(H,30,31)(H,33,34);6-9,13,16-17H,3-5,10-12,14-15H2,1-2H3,(H,29,30)/t17-;16-/m01/s1. The molecule has 9 rings (SSSR count). The van der Waals surface area contributed by atoms with E-state index in [1.807, 2.05) is 38.2 Å². The molecule has 5 aliphatic rings. The molecule has 1 spiro atoms. The van der Waals surface area contributed by atoms with Crippen LogP contribution in [0.1, 0.15) is 103 Å². The minimum absolute atomic E-state index is 0.0566. The maximum atomic E-state index is 13.1. The molecule has 4 aromatic rings. The topological polar surface area (TPSA) is 146 Å². The number of carboxylic acid groups (broad SMARTS) is 1. The summed E-state index contributed by atoms with van der Waals surface area (Å²) in [7, 11) is 1.84. The van der Waals surface area contributed by atoms with Crippen LogP contribution in [0.4, 0.5) is 38.0 Å². The summed E-state index contributed by atoms with van der Waals surface area (Å²) in [6.45, 7) is 0.555. The Hall–Kier alpha value is -6.07. The highest BCUT2D eigenvalue weighted by Gasteiger charge is 2.47. The van der Waals surface area contributed by atoms with Gasteiger partial charge in [0, 0.05) is 67.8 Å². The van der Waals surface area contributed by atoms with Crippen molar-refractivity contribution in [3.63, 3.8) is 0 Å². The fourth-order valence-electron chi connectivity index (χ4n) is 9.84. The van der Waals surface area contributed by atoms with Gasteiger partial charge in [0.2, 0.25) is 11.8 Å². The van der Waals surface area contributed by atoms with Crippen molar-refractivity contribution in [3.05, 3.63) is 105 Å². The molecular formula is C51H58F6N6O6. The van der Waals surface area contributed by atoms with Crippen molar-refractivity contribution in [2.75, 3.05) is 50.5 Å². The van der Waals surface area contributed by atoms with Crippen LogP contribution >= 0.6 is 0 Å². The zero-order valence-corrected chi connectivity index (χ0v) is 38.8. The Bertz CT molecular complexity index is 2530. The molecule has 12 nitrogen and oxygen atoms in total. The quantitative estimate of drug-likeness (QED) is 0.0987. The predicted octanol–water partition coefficient (Wildman–Crippen LogP) is 9.18. The van der Waals surface area contributed by atoms with Crippen molar-refractivity contribution >= 4 is 29.4 Å². The van der Waals surface area contributed by atoms with Gasteiger partial charge in [0.15, 0.2) is 0 Å². The minimum atomic E-state index is -4.59. The number of alkyl halides is 6. The molecule has 3 N–H and O–H groups in total. The Morgan fingerprint density at radius 2 is 1.38 bits per heavy atom. The largest absolute Gasteiger partial charge is 0.493 e. The number of aliphatic carboxylic acids is 1. The Balaban J connectivity index is 0.000000187. The lowest BCUT2D eigenvalue weighted by Gasteiger charge is -2.26. The first-order valence-corrected chi connectivity index (χ1v) is 23.7. The van der Waals surface area contributed by atoms with Crippen molar-refractivity contribution in [2.24, 2.45) is 11.8 Å². The molecule has 370 valence electrons. The van der Waals surface area contributed by atoms with E-state index >= 15 is 0 Å². The number of hydrogen-bond acceptors (Lipinski definition) is 9. The van der Waals surface area contributed by atoms with Crippen LogP contribution in [0.5, 0.6) is 11.5 Å². The summed E-state index contributed by atoms with van der Waals surface area (Å²) < 4.78 is 90.5. The number of nitrogens with zero attached hydrogens (tertiary/aromatic N) is 4. The van der Waals surface area contributed by atoms with E-state index in [0.717, 1.165) is 52.0 Å². The third kappa shape index (κ3) is 12.6. The number of aromatic nitrogens is 2. The molecule has 0 unspecified atom stereocenters. The van der Waals surface area contributed by atoms with Crippen LogP contribution in [0.2, 0.25) is 0 Å². The SMILES string of the molecule is CC[C@@H]1Cc2ccc(OCCc3nc(NC)ccc3C3CC3)cc2CN(CC(F)(F)F)C1=O.O=C(O)C[C@@H]1Cc2ccc(OCCc3ccc4c(n3)NCCC43CC3)cc2CN(CC(F)(F)F)C1=O. The number of benzene rings is 2. The highest BCUT2D eigenvalue weighted by Crippen LogP contribution is 2.54. The highest BCUT2D eigenvalue weighted by atomic mass is 19.4. The summed E-state index contributed by atoms with van der Waals surface area (Å²) >= 11 is 0. The zero-order chi connectivity index (χ0) is 49.1. The summed E-state index contributed by atoms with van der Waals surface area (Å²) in [5.74, 6) is -0.505. The van der Waals surface area contributed by atoms with E-state index in [9.17, 15) is 40.7 Å². The molecule has 2 aromatic carbocycles. The van der Waals surface area contributed by atoms with Crippen LogP contribution in [0.3, 0.4) is 0 Å². The van der Waals surface area contributed by atoms with Crippen LogP contribution in [-0.2, 0) is 58.6 Å². The summed E-state index contributed by atoms with van der Waals surface area (Å²) in [4.78, 5) is 47.7. The normalized spacial score (nSPS) is 19.5. The Labute approximate surface area is 397 Å². The van der Waals surface area contributed by atoms with Gasteiger partial charge in [-0.3, -0.25) is 14.4 Å². The Morgan fingerprint density at radius 3 is 1.93 bits per heavy atom. The van der Waals surface area contributed by atoms with E-state index in [1.54, 1.807) is 24.3 Å². The van der Waals surface area contributed by atoms with Crippen molar-refractivity contribution in [3.8, 4) is 11.5 Å². The maximum Gasteiger partial charge on any atom is 0.406 e. The average molecular weight is 965 g/mol. The molecule has 2 aromatic heterocycles. The molecule has 0 radical (unpaired) electrons. The van der Waals surface area contributed by atoms with Crippen molar-refractivity contribution in [1.82, 2.24) is 19.8 Å². The van der Waals surface area contributed by atoms with Gasteiger partial charge in [0.05, 0.1) is 25.6 Å². The summed E-state index contributed by atoms with van der Waals surface area (Å²) in [6, 6.07) is 18.9. The smallest absolute Gasteiger partial charge is 0.406 e. The van der Waals surface area contributed by atoms with Crippen LogP contribution < -0.4 is 20.1 Å². The van der Waals surface area contributed by atoms with Crippen molar-refractivity contribution in [1.29, 1.82) is 0 Å². The zero-order valence-electron chi connectivity index (χ0n) is 38.8. The molecule has 2 fully saturated rings. The number of pyridine rings is 2. The second kappa shape index (κ2) is 20.5. The summed E-state index contributed by atoms with van der Waals surface area (Å²) in [6.07, 6.45) is -1.34. The van der Waals surface area contributed by atoms with Crippen LogP contribution in [0.15, 0.2) is 60.7 Å². The van der Waals surface area contributed by atoms with E-state index in [1.165, 1.54) is 36.8 Å². The predicted molar refractivity (Wildman–Crippen MR) is 245 cm³/mol. The van der Waals surface area contributed by atoms with Gasteiger partial charge in [-0.1, -0.05) is 31.2 Å². The van der Waals surface area contributed by atoms with E-state index in [2.05, 4.69) is 22.8 Å². The first kappa shape index (κ1) is 49.4. The number of fused-ring (bicyclic) bond motifs is 4. The number of carbonyl (C=O) groups is 3. The van der Waals surface area contributed by atoms with Crippen LogP contribution in [-0.4, -0.2) is 94.9 Å². The van der Waals surface area contributed by atoms with Crippen molar-refractivity contribution in [2.45, 2.75) is 114 Å². The van der Waals surface area contributed by atoms with E-state index < -0.39 is 61.5 Å². The lowest BCUT2D eigenvalue weighted by Crippen LogP contribution is -2.41. The van der Waals surface area contributed by atoms with Gasteiger partial charge in [-0.15, -0.1) is 0 Å². The monoisotopic (exact) mass is 964 g/mol. The van der Waals surface area contributed by atoms with Crippen LogP contribution in [0.25, 0.3) is 0 Å². The van der Waals surface area contributed by atoms with Gasteiger partial charge in [-0.05, 0) is 121 Å². The molecule has 2 aliphatic carbocycles. The number of ether oxygens (including phenoxy) is 2. The third-order valence-corrected chi connectivity index (χ3v) is 13.8. The summed E-state index contributed by atoms with van der Waals surface area (Å²) in [5, 5.41) is 15.6. The molecule has 18 heteroatoms. The number of nitrogens with one attached hydrogen (secondary N) is 2. The average Bonchev–Trinajstić information content (AvgIpc) is 4.25. The fraction of sp³-hybridized carbons (Fsp3) is 0.510. The Kier molecular flexibility index (Phi) is 14.7. The molecule has 2 saturated carbocycles. The number of halogens is 6. The van der Waals surface area contributed by atoms with E-state index in [-0.39, 0.29) is 19.5 Å². The first-order valence-electron chi connectivity index (χ1n) is 23.7. The third-order valence-electron chi connectivity index (χ3n) is 13.8. The molecule has 0 bridgehead atoms. The molecule has 3 aliphatic heterocycles. The van der Waals surface area contributed by atoms with Gasteiger partial charge in [0.25, 0.3) is 0 Å². The number of hydrogen-bond donors (Lipinski definition) is 3. The fourth-order valence-corrected chi connectivity index (χ4v) is 9.84. The van der Waals surface area contributed by atoms with Gasteiger partial charge in [-0.2, -0.15) is 26.3 Å². The molecule has 2 atom stereocenters. The second-order valence-corrected chi connectivity index (χ2v) is 18.9. The Morgan fingerprint density at radius 1 is 0.783 bits per heavy atom. The molecule has 2 amide bonds. The number of rotatable bonds is 15. The molecule has 69 heavy (non-hydrogen) atoms. The summed E-state index contributed by atoms with van der Waals surface area (Å²) in [5.41, 5.74) is 7.61. The molecule has 5 heterocycles. The molecule has 0 saturated heterocycles. The lowest BCUT2D eigenvalue weighted by molar-refractivity contribution is -0.165. The van der Waals surface area contributed by atoms with E-state index in [0.29, 0.717) is 77.8 Å². The van der Waals surface area contributed by atoms with Gasteiger partial charge in [-0.25, -0.2) is 9.97 Å². The second-order valence-electron chi connectivity index (χ2n) is 18.9. The van der Waals surface area contributed by atoms with Gasteiger partial charge >= 0.3 is 18.3 Å². The number of anilines is 2. The first-order chi connectivity index (χ1) is 32.9. The lowest BCUT2D eigenvalue weighted by atomic mass is 9.90. The molecular weight excluding hydrogens is 907 g/mol. The van der Waals surface area contributed by atoms with Gasteiger partial charge < -0.3 is 35.0 Å². The number of carbonyl (C=O) groups excluding carboxylic acids is 2. The number of carboxylic acids is 1. The van der Waals surface area contributed by atoms with Crippen molar-refractivity contribution < 1.29 is 55.3 Å². The van der Waals surface area contributed by atoms with Crippen LogP contribution in [0, 0.1) is 11.8 Å².